The van der Waals surface area contributed by atoms with Crippen LogP contribution < -0.4 is 4.74 Å². The molecule has 0 spiro atoms. The zero-order valence-corrected chi connectivity index (χ0v) is 15.5. The molecule has 25 heavy (non-hydrogen) atoms. The number of benzene rings is 2. The molecule has 134 valence electrons. The third kappa shape index (κ3) is 3.29. The van der Waals surface area contributed by atoms with Gasteiger partial charge in [-0.05, 0) is 71.6 Å². The van der Waals surface area contributed by atoms with Gasteiger partial charge in [0.05, 0.1) is 7.11 Å². The highest BCUT2D eigenvalue weighted by molar-refractivity contribution is 5.71. The van der Waals surface area contributed by atoms with E-state index >= 15 is 0 Å². The third-order valence-corrected chi connectivity index (χ3v) is 5.70. The van der Waals surface area contributed by atoms with Crippen LogP contribution in [0.2, 0.25) is 0 Å². The second kappa shape index (κ2) is 6.78. The molecule has 0 radical (unpaired) electrons. The van der Waals surface area contributed by atoms with E-state index in [4.69, 9.17) is 4.74 Å². The van der Waals surface area contributed by atoms with Gasteiger partial charge in [-0.1, -0.05) is 33.3 Å². The number of hydrogen-bond acceptors (Lipinski definition) is 1. The van der Waals surface area contributed by atoms with Crippen molar-refractivity contribution in [3.8, 4) is 16.9 Å². The van der Waals surface area contributed by atoms with E-state index in [0.29, 0.717) is 34.8 Å². The first-order valence-corrected chi connectivity index (χ1v) is 9.03. The highest BCUT2D eigenvalue weighted by Crippen LogP contribution is 2.51. The first-order valence-electron chi connectivity index (χ1n) is 9.03. The van der Waals surface area contributed by atoms with E-state index in [-0.39, 0.29) is 17.0 Å². The molecule has 1 atom stereocenters. The van der Waals surface area contributed by atoms with Gasteiger partial charge in [-0.2, -0.15) is 0 Å². The minimum absolute atomic E-state index is 0.132. The summed E-state index contributed by atoms with van der Waals surface area (Å²) >= 11 is 0. The van der Waals surface area contributed by atoms with Gasteiger partial charge < -0.3 is 4.74 Å². The van der Waals surface area contributed by atoms with Crippen molar-refractivity contribution in [2.45, 2.75) is 52.4 Å². The van der Waals surface area contributed by atoms with Crippen LogP contribution in [-0.2, 0) is 6.42 Å². The number of rotatable bonds is 4. The van der Waals surface area contributed by atoms with E-state index < -0.39 is 0 Å². The molecule has 0 bridgehead atoms. The molecule has 0 amide bonds. The Bertz CT molecular complexity index is 780. The second-order valence-electron chi connectivity index (χ2n) is 7.66. The van der Waals surface area contributed by atoms with Crippen molar-refractivity contribution in [2.75, 3.05) is 7.11 Å². The van der Waals surface area contributed by atoms with E-state index in [1.807, 2.05) is 13.0 Å². The molecule has 3 heteroatoms. The zero-order valence-electron chi connectivity index (χ0n) is 15.5. The van der Waals surface area contributed by atoms with Crippen LogP contribution in [0.5, 0.6) is 5.75 Å². The molecule has 0 aliphatic heterocycles. The van der Waals surface area contributed by atoms with Crippen molar-refractivity contribution in [3.05, 3.63) is 53.1 Å². The van der Waals surface area contributed by atoms with E-state index in [1.54, 1.807) is 19.2 Å². The van der Waals surface area contributed by atoms with Crippen LogP contribution in [0.3, 0.4) is 0 Å². The Morgan fingerprint density at radius 2 is 1.84 bits per heavy atom. The second-order valence-corrected chi connectivity index (χ2v) is 7.66. The maximum Gasteiger partial charge on any atom is 0.131 e. The minimum Gasteiger partial charge on any atom is -0.497 e. The van der Waals surface area contributed by atoms with E-state index in [0.717, 1.165) is 24.8 Å². The number of hydrogen-bond donors (Lipinski definition) is 0. The predicted octanol–water partition coefficient (Wildman–Crippen LogP) is 6.50. The van der Waals surface area contributed by atoms with Gasteiger partial charge >= 0.3 is 0 Å². The molecule has 0 unspecified atom stereocenters. The van der Waals surface area contributed by atoms with E-state index in [1.165, 1.54) is 12.1 Å². The molecule has 2 aromatic carbocycles. The van der Waals surface area contributed by atoms with Crippen LogP contribution in [0.4, 0.5) is 8.78 Å². The molecule has 2 aromatic rings. The number of methoxy groups -OCH3 is 1. The highest BCUT2D eigenvalue weighted by Gasteiger charge is 2.37. The summed E-state index contributed by atoms with van der Waals surface area (Å²) in [5, 5.41) is 0. The van der Waals surface area contributed by atoms with Crippen LogP contribution in [0.15, 0.2) is 30.3 Å². The average molecular weight is 344 g/mol. The monoisotopic (exact) mass is 344 g/mol. The normalized spacial score (nSPS) is 19.2. The summed E-state index contributed by atoms with van der Waals surface area (Å²) in [5.74, 6) is 0.271. The maximum atomic E-state index is 14.6. The molecule has 1 aliphatic rings. The maximum absolute atomic E-state index is 14.6. The molecule has 1 aliphatic carbocycles. The van der Waals surface area contributed by atoms with Gasteiger partial charge in [0.2, 0.25) is 0 Å². The molecular formula is C22H26F2O. The quantitative estimate of drug-likeness (QED) is 0.615. The Morgan fingerprint density at radius 1 is 1.08 bits per heavy atom. The lowest BCUT2D eigenvalue weighted by molar-refractivity contribution is 0.332. The summed E-state index contributed by atoms with van der Waals surface area (Å²) < 4.78 is 34.4. The summed E-state index contributed by atoms with van der Waals surface area (Å²) in [6.07, 6.45) is 3.97. The lowest BCUT2D eigenvalue weighted by atomic mass is 9.75. The molecule has 1 saturated carbocycles. The van der Waals surface area contributed by atoms with Gasteiger partial charge in [-0.3, -0.25) is 0 Å². The van der Waals surface area contributed by atoms with Gasteiger partial charge in [0, 0.05) is 5.56 Å². The largest absolute Gasteiger partial charge is 0.497 e. The number of ether oxygens (including phenoxy) is 1. The van der Waals surface area contributed by atoms with Crippen LogP contribution in [-0.4, -0.2) is 7.11 Å². The van der Waals surface area contributed by atoms with Crippen molar-refractivity contribution in [1.82, 2.24) is 0 Å². The van der Waals surface area contributed by atoms with Crippen LogP contribution in [0, 0.1) is 17.0 Å². The Balaban J connectivity index is 2.24. The summed E-state index contributed by atoms with van der Waals surface area (Å²) in [4.78, 5) is 0. The number of aryl methyl sites for hydroxylation is 1. The lowest BCUT2D eigenvalue weighted by Gasteiger charge is -2.30. The van der Waals surface area contributed by atoms with Crippen molar-refractivity contribution in [2.24, 2.45) is 5.41 Å². The van der Waals surface area contributed by atoms with Gasteiger partial charge in [0.25, 0.3) is 0 Å². The Hall–Kier alpha value is -1.90. The van der Waals surface area contributed by atoms with Gasteiger partial charge in [0.15, 0.2) is 0 Å². The standard InChI is InChI=1S/C22H26F2O/c1-5-14-11-17(19-7-6-10-22(19,2)3)16(13-21(14)24)18-12-15(25-4)8-9-20(18)23/h8-9,11-13,19H,5-7,10H2,1-4H3/t19-/m1/s1. The summed E-state index contributed by atoms with van der Waals surface area (Å²) in [5.41, 5.74) is 2.97. The Kier molecular flexibility index (Phi) is 4.86. The van der Waals surface area contributed by atoms with Crippen molar-refractivity contribution in [3.63, 3.8) is 0 Å². The Morgan fingerprint density at radius 3 is 2.44 bits per heavy atom. The summed E-state index contributed by atoms with van der Waals surface area (Å²) in [6, 6.07) is 8.13. The van der Waals surface area contributed by atoms with Gasteiger partial charge in [0.1, 0.15) is 17.4 Å². The summed E-state index contributed by atoms with van der Waals surface area (Å²) in [7, 11) is 1.55. The lowest BCUT2D eigenvalue weighted by Crippen LogP contribution is -2.17. The molecule has 0 aromatic heterocycles. The van der Waals surface area contributed by atoms with Crippen LogP contribution in [0.1, 0.15) is 57.1 Å². The summed E-state index contributed by atoms with van der Waals surface area (Å²) in [6.45, 7) is 6.46. The van der Waals surface area contributed by atoms with Crippen LogP contribution >= 0.6 is 0 Å². The minimum atomic E-state index is -0.346. The molecule has 3 rings (SSSR count). The van der Waals surface area contributed by atoms with Crippen LogP contribution in [0.25, 0.3) is 11.1 Å². The fourth-order valence-electron chi connectivity index (χ4n) is 4.17. The highest BCUT2D eigenvalue weighted by atomic mass is 19.1. The molecule has 0 saturated heterocycles. The molecule has 0 N–H and O–H groups in total. The Labute approximate surface area is 149 Å². The van der Waals surface area contributed by atoms with Gasteiger partial charge in [-0.15, -0.1) is 0 Å². The van der Waals surface area contributed by atoms with E-state index in [9.17, 15) is 8.78 Å². The van der Waals surface area contributed by atoms with Crippen molar-refractivity contribution >= 4 is 0 Å². The molecule has 0 heterocycles. The predicted molar refractivity (Wildman–Crippen MR) is 98.1 cm³/mol. The first kappa shape index (κ1) is 17.9. The average Bonchev–Trinajstić information content (AvgIpc) is 2.94. The van der Waals surface area contributed by atoms with Gasteiger partial charge in [-0.25, -0.2) is 8.78 Å². The van der Waals surface area contributed by atoms with Crippen molar-refractivity contribution in [1.29, 1.82) is 0 Å². The SMILES string of the molecule is CCc1cc([C@H]2CCCC2(C)C)c(-c2cc(OC)ccc2F)cc1F. The number of halogens is 2. The molecule has 1 nitrogen and oxygen atoms in total. The first-order chi connectivity index (χ1) is 11.9. The third-order valence-electron chi connectivity index (χ3n) is 5.70. The zero-order chi connectivity index (χ0) is 18.2. The molecule has 1 fully saturated rings. The van der Waals surface area contributed by atoms with Crippen molar-refractivity contribution < 1.29 is 13.5 Å². The smallest absolute Gasteiger partial charge is 0.131 e. The fourth-order valence-corrected chi connectivity index (χ4v) is 4.17. The van der Waals surface area contributed by atoms with E-state index in [2.05, 4.69) is 13.8 Å². The topological polar surface area (TPSA) is 9.23 Å². The fraction of sp³-hybridized carbons (Fsp3) is 0.455. The molecular weight excluding hydrogens is 318 g/mol.